The summed E-state index contributed by atoms with van der Waals surface area (Å²) in [6, 6.07) is 3.18. The van der Waals surface area contributed by atoms with Crippen molar-refractivity contribution in [1.29, 1.82) is 0 Å². The number of rotatable bonds is 2. The van der Waals surface area contributed by atoms with Crippen LogP contribution in [0.1, 0.15) is 10.5 Å². The highest BCUT2D eigenvalue weighted by molar-refractivity contribution is 6.31. The number of carboxylic acids is 1. The monoisotopic (exact) mass is 272 g/mol. The highest BCUT2D eigenvalue weighted by Crippen LogP contribution is 2.30. The summed E-state index contributed by atoms with van der Waals surface area (Å²) < 4.78 is 28.5. The van der Waals surface area contributed by atoms with Crippen molar-refractivity contribution in [2.75, 3.05) is 0 Å². The zero-order chi connectivity index (χ0) is 13.4. The SMILES string of the molecule is Cn1nc(C(=O)O)cc1-c1c(F)ccc(Cl)c1F. The Hall–Kier alpha value is -1.95. The molecule has 1 N–H and O–H groups in total. The van der Waals surface area contributed by atoms with Crippen LogP contribution >= 0.6 is 11.6 Å². The van der Waals surface area contributed by atoms with Gasteiger partial charge >= 0.3 is 5.97 Å². The molecule has 0 aliphatic rings. The number of aromatic carboxylic acids is 1. The largest absolute Gasteiger partial charge is 0.476 e. The maximum absolute atomic E-state index is 13.8. The van der Waals surface area contributed by atoms with E-state index in [1.165, 1.54) is 7.05 Å². The van der Waals surface area contributed by atoms with E-state index in [4.69, 9.17) is 16.7 Å². The molecule has 18 heavy (non-hydrogen) atoms. The van der Waals surface area contributed by atoms with E-state index >= 15 is 0 Å². The fourth-order valence-corrected chi connectivity index (χ4v) is 1.73. The molecule has 1 aromatic carbocycles. The molecule has 94 valence electrons. The van der Waals surface area contributed by atoms with E-state index in [2.05, 4.69) is 5.10 Å². The fourth-order valence-electron chi connectivity index (χ4n) is 1.57. The fraction of sp³-hybridized carbons (Fsp3) is 0.0909. The van der Waals surface area contributed by atoms with E-state index < -0.39 is 23.2 Å². The zero-order valence-electron chi connectivity index (χ0n) is 9.12. The number of nitrogens with zero attached hydrogens (tertiary/aromatic N) is 2. The van der Waals surface area contributed by atoms with Crippen LogP contribution in [-0.4, -0.2) is 20.9 Å². The second-order valence-electron chi connectivity index (χ2n) is 3.56. The molecular formula is C11H7ClF2N2O2. The summed E-state index contributed by atoms with van der Waals surface area (Å²) in [6.45, 7) is 0. The number of aromatic nitrogens is 2. The van der Waals surface area contributed by atoms with Crippen LogP contribution in [0.2, 0.25) is 5.02 Å². The Bertz CT molecular complexity index is 640. The lowest BCUT2D eigenvalue weighted by atomic mass is 10.1. The standard InChI is InChI=1S/C11H7ClF2N2O2/c1-16-8(4-7(15-16)11(17)18)9-6(13)3-2-5(12)10(9)14/h2-4H,1H3,(H,17,18). The molecule has 4 nitrogen and oxygen atoms in total. The quantitative estimate of drug-likeness (QED) is 0.855. The van der Waals surface area contributed by atoms with Crippen LogP contribution in [0.25, 0.3) is 11.3 Å². The second-order valence-corrected chi connectivity index (χ2v) is 3.97. The van der Waals surface area contributed by atoms with Gasteiger partial charge in [0.15, 0.2) is 11.5 Å². The number of hydrogen-bond acceptors (Lipinski definition) is 2. The lowest BCUT2D eigenvalue weighted by molar-refractivity contribution is 0.0689. The van der Waals surface area contributed by atoms with E-state index in [1.807, 2.05) is 0 Å². The number of carboxylic acid groups (broad SMARTS) is 1. The van der Waals surface area contributed by atoms with Crippen molar-refractivity contribution in [2.24, 2.45) is 7.05 Å². The van der Waals surface area contributed by atoms with E-state index in [0.717, 1.165) is 22.9 Å². The summed E-state index contributed by atoms with van der Waals surface area (Å²) in [5, 5.41) is 12.2. The van der Waals surface area contributed by atoms with Crippen LogP contribution in [0.15, 0.2) is 18.2 Å². The van der Waals surface area contributed by atoms with Gasteiger partial charge in [0, 0.05) is 7.05 Å². The van der Waals surface area contributed by atoms with Gasteiger partial charge in [-0.25, -0.2) is 13.6 Å². The summed E-state index contributed by atoms with van der Waals surface area (Å²) in [4.78, 5) is 10.7. The summed E-state index contributed by atoms with van der Waals surface area (Å²) in [5.41, 5.74) is -0.693. The molecule has 0 bridgehead atoms. The average Bonchev–Trinajstić information content (AvgIpc) is 2.67. The van der Waals surface area contributed by atoms with Crippen molar-refractivity contribution < 1.29 is 18.7 Å². The van der Waals surface area contributed by atoms with Crippen LogP contribution in [0.3, 0.4) is 0 Å². The van der Waals surface area contributed by atoms with Crippen LogP contribution in [-0.2, 0) is 7.05 Å². The van der Waals surface area contributed by atoms with Gasteiger partial charge in [0.1, 0.15) is 5.82 Å². The molecule has 0 unspecified atom stereocenters. The van der Waals surface area contributed by atoms with Crippen LogP contribution in [0, 0.1) is 11.6 Å². The van der Waals surface area contributed by atoms with Gasteiger partial charge in [-0.3, -0.25) is 4.68 Å². The van der Waals surface area contributed by atoms with E-state index in [1.54, 1.807) is 0 Å². The van der Waals surface area contributed by atoms with Gasteiger partial charge in [0.2, 0.25) is 0 Å². The third kappa shape index (κ3) is 1.95. The van der Waals surface area contributed by atoms with Gasteiger partial charge in [-0.15, -0.1) is 0 Å². The third-order valence-electron chi connectivity index (χ3n) is 2.40. The van der Waals surface area contributed by atoms with Crippen molar-refractivity contribution in [1.82, 2.24) is 9.78 Å². The molecule has 0 amide bonds. The van der Waals surface area contributed by atoms with Gasteiger partial charge in [-0.05, 0) is 18.2 Å². The van der Waals surface area contributed by atoms with Crippen molar-refractivity contribution >= 4 is 17.6 Å². The van der Waals surface area contributed by atoms with Gasteiger partial charge in [-0.1, -0.05) is 11.6 Å². The molecule has 1 heterocycles. The topological polar surface area (TPSA) is 55.1 Å². The van der Waals surface area contributed by atoms with Crippen molar-refractivity contribution in [3.63, 3.8) is 0 Å². The normalized spacial score (nSPS) is 10.7. The molecule has 0 atom stereocenters. The van der Waals surface area contributed by atoms with Gasteiger partial charge < -0.3 is 5.11 Å². The number of benzene rings is 1. The molecule has 7 heteroatoms. The Morgan fingerprint density at radius 2 is 2.11 bits per heavy atom. The van der Waals surface area contributed by atoms with E-state index in [9.17, 15) is 13.6 Å². The Morgan fingerprint density at radius 1 is 1.44 bits per heavy atom. The molecule has 2 aromatic rings. The van der Waals surface area contributed by atoms with Crippen LogP contribution < -0.4 is 0 Å². The third-order valence-corrected chi connectivity index (χ3v) is 2.69. The minimum atomic E-state index is -1.28. The lowest BCUT2D eigenvalue weighted by Crippen LogP contribution is -2.00. The first-order valence-corrected chi connectivity index (χ1v) is 5.21. The maximum Gasteiger partial charge on any atom is 0.356 e. The van der Waals surface area contributed by atoms with Gasteiger partial charge in [-0.2, -0.15) is 5.10 Å². The van der Waals surface area contributed by atoms with E-state index in [-0.39, 0.29) is 16.4 Å². The predicted molar refractivity (Wildman–Crippen MR) is 60.5 cm³/mol. The van der Waals surface area contributed by atoms with Crippen molar-refractivity contribution in [3.05, 3.63) is 40.6 Å². The summed E-state index contributed by atoms with van der Waals surface area (Å²) in [7, 11) is 1.39. The predicted octanol–water partition coefficient (Wildman–Crippen LogP) is 2.72. The van der Waals surface area contributed by atoms with Crippen LogP contribution in [0.4, 0.5) is 8.78 Å². The lowest BCUT2D eigenvalue weighted by Gasteiger charge is -2.06. The summed E-state index contributed by atoms with van der Waals surface area (Å²) >= 11 is 5.57. The Labute approximate surface area is 105 Å². The first-order chi connectivity index (χ1) is 8.41. The average molecular weight is 273 g/mol. The molecule has 0 saturated heterocycles. The van der Waals surface area contributed by atoms with Crippen molar-refractivity contribution in [2.45, 2.75) is 0 Å². The van der Waals surface area contributed by atoms with Crippen LogP contribution in [0.5, 0.6) is 0 Å². The van der Waals surface area contributed by atoms with E-state index in [0.29, 0.717) is 0 Å². The smallest absolute Gasteiger partial charge is 0.356 e. The molecule has 0 aliphatic carbocycles. The first-order valence-electron chi connectivity index (χ1n) is 4.83. The summed E-state index contributed by atoms with van der Waals surface area (Å²) in [5.74, 6) is -3.06. The molecule has 0 fully saturated rings. The van der Waals surface area contributed by atoms with Crippen molar-refractivity contribution in [3.8, 4) is 11.3 Å². The minimum Gasteiger partial charge on any atom is -0.476 e. The maximum atomic E-state index is 13.8. The number of aryl methyl sites for hydroxylation is 1. The molecule has 0 aliphatic heterocycles. The zero-order valence-corrected chi connectivity index (χ0v) is 9.87. The second kappa shape index (κ2) is 4.38. The Balaban J connectivity index is 2.69. The molecule has 1 aromatic heterocycles. The highest BCUT2D eigenvalue weighted by atomic mass is 35.5. The molecule has 2 rings (SSSR count). The highest BCUT2D eigenvalue weighted by Gasteiger charge is 2.20. The minimum absolute atomic E-state index is 0.00454. The van der Waals surface area contributed by atoms with Gasteiger partial charge in [0.25, 0.3) is 0 Å². The number of carbonyl (C=O) groups is 1. The molecule has 0 spiro atoms. The molecule has 0 radical (unpaired) electrons. The molecular weight excluding hydrogens is 266 g/mol. The van der Waals surface area contributed by atoms with Gasteiger partial charge in [0.05, 0.1) is 16.3 Å². The Kier molecular flexibility index (Phi) is 3.04. The number of hydrogen-bond donors (Lipinski definition) is 1. The Morgan fingerprint density at radius 3 is 2.67 bits per heavy atom. The molecule has 0 saturated carbocycles. The first kappa shape index (κ1) is 12.5. The number of halogens is 3. The summed E-state index contributed by atoms with van der Waals surface area (Å²) in [6.07, 6.45) is 0.